The fourth-order valence-corrected chi connectivity index (χ4v) is 3.42. The molecule has 1 heterocycles. The van der Waals surface area contributed by atoms with Gasteiger partial charge in [0, 0.05) is 18.2 Å². The molecule has 108 valence electrons. The Kier molecular flexibility index (Phi) is 4.15. The third-order valence-corrected chi connectivity index (χ3v) is 4.40. The van der Waals surface area contributed by atoms with Gasteiger partial charge in [-0.1, -0.05) is 0 Å². The average molecular weight is 294 g/mol. The molecule has 3 N–H and O–H groups in total. The Labute approximate surface area is 118 Å². The Hall–Kier alpha value is -1.79. The molecule has 2 aromatic rings. The first-order valence-corrected chi connectivity index (χ1v) is 7.77. The lowest BCUT2D eigenvalue weighted by Gasteiger charge is -2.14. The van der Waals surface area contributed by atoms with Gasteiger partial charge >= 0.3 is 0 Å². The molecule has 0 amide bonds. The van der Waals surface area contributed by atoms with Gasteiger partial charge in [-0.2, -0.15) is 0 Å². The number of rotatable bonds is 5. The van der Waals surface area contributed by atoms with E-state index < -0.39 is 10.0 Å². The predicted octanol–water partition coefficient (Wildman–Crippen LogP) is 2.08. The molecule has 2 rings (SSSR count). The number of anilines is 1. The number of nitrogens with two attached hydrogens (primary N) is 1. The van der Waals surface area contributed by atoms with Gasteiger partial charge in [0.05, 0.1) is 11.2 Å². The monoisotopic (exact) mass is 294 g/mol. The average Bonchev–Trinajstić information content (AvgIpc) is 2.79. The van der Waals surface area contributed by atoms with Crippen LogP contribution in [0.2, 0.25) is 0 Å². The lowest BCUT2D eigenvalue weighted by atomic mass is 10.2. The first-order chi connectivity index (χ1) is 9.37. The molecule has 1 unspecified atom stereocenters. The van der Waals surface area contributed by atoms with Crippen LogP contribution in [-0.4, -0.2) is 14.5 Å². The number of sulfonamides is 1. The fourth-order valence-electron chi connectivity index (χ4n) is 2.04. The van der Waals surface area contributed by atoms with Crippen molar-refractivity contribution in [2.45, 2.75) is 31.2 Å². The van der Waals surface area contributed by atoms with Gasteiger partial charge < -0.3 is 10.2 Å². The Balaban J connectivity index is 2.14. The molecule has 5 nitrogen and oxygen atoms in total. The first kappa shape index (κ1) is 14.6. The van der Waals surface area contributed by atoms with Crippen LogP contribution in [0.4, 0.5) is 5.69 Å². The van der Waals surface area contributed by atoms with Crippen molar-refractivity contribution in [2.75, 3.05) is 5.73 Å². The molecule has 6 heteroatoms. The van der Waals surface area contributed by atoms with Crippen molar-refractivity contribution in [3.63, 3.8) is 0 Å². The summed E-state index contributed by atoms with van der Waals surface area (Å²) in [5, 5.41) is 0. The van der Waals surface area contributed by atoms with Gasteiger partial charge in [-0.25, -0.2) is 13.1 Å². The molecule has 1 aromatic carbocycles. The van der Waals surface area contributed by atoms with Crippen LogP contribution >= 0.6 is 0 Å². The number of hydrogen-bond acceptors (Lipinski definition) is 4. The van der Waals surface area contributed by atoms with Crippen LogP contribution in [0.5, 0.6) is 0 Å². The maximum atomic E-state index is 12.3. The van der Waals surface area contributed by atoms with E-state index in [4.69, 9.17) is 10.2 Å². The smallest absolute Gasteiger partial charge is 0.240 e. The van der Waals surface area contributed by atoms with Crippen molar-refractivity contribution >= 4 is 15.7 Å². The summed E-state index contributed by atoms with van der Waals surface area (Å²) >= 11 is 0. The quantitative estimate of drug-likeness (QED) is 0.827. The van der Waals surface area contributed by atoms with Crippen LogP contribution in [0.3, 0.4) is 0 Å². The van der Waals surface area contributed by atoms with E-state index in [0.717, 1.165) is 11.3 Å². The van der Waals surface area contributed by atoms with Gasteiger partial charge in [-0.3, -0.25) is 0 Å². The van der Waals surface area contributed by atoms with Crippen LogP contribution in [0, 0.1) is 6.92 Å². The maximum absolute atomic E-state index is 12.3. The lowest BCUT2D eigenvalue weighted by Crippen LogP contribution is -2.34. The first-order valence-electron chi connectivity index (χ1n) is 6.29. The molecule has 0 aliphatic heterocycles. The molecule has 1 atom stereocenters. The molecule has 20 heavy (non-hydrogen) atoms. The zero-order valence-corrected chi connectivity index (χ0v) is 12.3. The van der Waals surface area contributed by atoms with Gasteiger partial charge in [-0.05, 0) is 49.7 Å². The van der Waals surface area contributed by atoms with E-state index in [0.29, 0.717) is 12.1 Å². The Morgan fingerprint density at radius 2 is 2.10 bits per heavy atom. The summed E-state index contributed by atoms with van der Waals surface area (Å²) in [5.74, 6) is 0.740. The normalized spacial score (nSPS) is 13.3. The molecule has 0 saturated carbocycles. The number of nitrogens with one attached hydrogen (secondary N) is 1. The lowest BCUT2D eigenvalue weighted by molar-refractivity contribution is 0.479. The van der Waals surface area contributed by atoms with Crippen molar-refractivity contribution in [2.24, 2.45) is 0 Å². The zero-order chi connectivity index (χ0) is 14.8. The number of aryl methyl sites for hydroxylation is 1. The van der Waals surface area contributed by atoms with Crippen molar-refractivity contribution < 1.29 is 12.8 Å². The summed E-state index contributed by atoms with van der Waals surface area (Å²) in [6.45, 7) is 3.60. The molecule has 0 radical (unpaired) electrons. The summed E-state index contributed by atoms with van der Waals surface area (Å²) in [6.07, 6.45) is 2.06. The summed E-state index contributed by atoms with van der Waals surface area (Å²) in [5.41, 5.74) is 6.93. The van der Waals surface area contributed by atoms with Crippen molar-refractivity contribution in [1.29, 1.82) is 0 Å². The van der Waals surface area contributed by atoms with Crippen LogP contribution in [0.1, 0.15) is 18.2 Å². The number of benzene rings is 1. The highest BCUT2D eigenvalue weighted by Gasteiger charge is 2.18. The summed E-state index contributed by atoms with van der Waals surface area (Å²) in [7, 11) is -3.58. The van der Waals surface area contributed by atoms with Crippen LogP contribution in [0.25, 0.3) is 0 Å². The van der Waals surface area contributed by atoms with Gasteiger partial charge in [0.15, 0.2) is 0 Å². The fraction of sp³-hybridized carbons (Fsp3) is 0.286. The molecule has 0 aliphatic rings. The summed E-state index contributed by atoms with van der Waals surface area (Å²) in [6, 6.07) is 8.10. The van der Waals surface area contributed by atoms with Gasteiger partial charge in [0.2, 0.25) is 10.0 Å². The Morgan fingerprint density at radius 3 is 2.70 bits per heavy atom. The van der Waals surface area contributed by atoms with E-state index in [-0.39, 0.29) is 10.9 Å². The molecule has 0 spiro atoms. The third-order valence-electron chi connectivity index (χ3n) is 2.83. The SMILES string of the molecule is Cc1cc(N)cc(S(=O)(=O)NC(C)Cc2ccco2)c1. The van der Waals surface area contributed by atoms with E-state index in [1.165, 1.54) is 6.07 Å². The largest absolute Gasteiger partial charge is 0.469 e. The van der Waals surface area contributed by atoms with E-state index in [2.05, 4.69) is 4.72 Å². The third kappa shape index (κ3) is 3.61. The minimum Gasteiger partial charge on any atom is -0.469 e. The van der Waals surface area contributed by atoms with Crippen molar-refractivity contribution in [3.8, 4) is 0 Å². The topological polar surface area (TPSA) is 85.3 Å². The van der Waals surface area contributed by atoms with E-state index in [1.54, 1.807) is 31.4 Å². The highest BCUT2D eigenvalue weighted by molar-refractivity contribution is 7.89. The Morgan fingerprint density at radius 1 is 1.35 bits per heavy atom. The van der Waals surface area contributed by atoms with Gasteiger partial charge in [0.1, 0.15) is 5.76 Å². The second kappa shape index (κ2) is 5.68. The standard InChI is InChI=1S/C14H18N2O3S/c1-10-6-12(15)9-14(7-10)20(17,18)16-11(2)8-13-4-3-5-19-13/h3-7,9,11,16H,8,15H2,1-2H3. The van der Waals surface area contributed by atoms with Crippen LogP contribution < -0.4 is 10.5 Å². The number of hydrogen-bond donors (Lipinski definition) is 2. The second-order valence-corrected chi connectivity index (χ2v) is 6.60. The second-order valence-electron chi connectivity index (χ2n) is 4.89. The molecule has 0 aliphatic carbocycles. The van der Waals surface area contributed by atoms with Crippen molar-refractivity contribution in [3.05, 3.63) is 47.9 Å². The highest BCUT2D eigenvalue weighted by atomic mass is 32.2. The molecule has 0 saturated heterocycles. The van der Waals surface area contributed by atoms with Crippen molar-refractivity contribution in [1.82, 2.24) is 4.72 Å². The number of nitrogen functional groups attached to an aromatic ring is 1. The van der Waals surface area contributed by atoms with E-state index >= 15 is 0 Å². The summed E-state index contributed by atoms with van der Waals surface area (Å²) < 4.78 is 32.4. The predicted molar refractivity (Wildman–Crippen MR) is 77.8 cm³/mol. The summed E-state index contributed by atoms with van der Waals surface area (Å²) in [4.78, 5) is 0.182. The molecular weight excluding hydrogens is 276 g/mol. The minimum absolute atomic E-state index is 0.182. The van der Waals surface area contributed by atoms with Gasteiger partial charge in [-0.15, -0.1) is 0 Å². The van der Waals surface area contributed by atoms with Crippen LogP contribution in [-0.2, 0) is 16.4 Å². The Bertz CT molecular complexity index is 658. The number of furan rings is 1. The van der Waals surface area contributed by atoms with E-state index in [1.807, 2.05) is 13.0 Å². The van der Waals surface area contributed by atoms with E-state index in [9.17, 15) is 8.42 Å². The van der Waals surface area contributed by atoms with Crippen LogP contribution in [0.15, 0.2) is 45.9 Å². The highest BCUT2D eigenvalue weighted by Crippen LogP contribution is 2.17. The molecule has 1 aromatic heterocycles. The zero-order valence-electron chi connectivity index (χ0n) is 11.5. The molecular formula is C14H18N2O3S. The molecule has 0 fully saturated rings. The molecule has 0 bridgehead atoms. The van der Waals surface area contributed by atoms with Gasteiger partial charge in [0.25, 0.3) is 0 Å². The minimum atomic E-state index is -3.58. The maximum Gasteiger partial charge on any atom is 0.240 e.